The van der Waals surface area contributed by atoms with Gasteiger partial charge in [-0.25, -0.2) is 9.37 Å². The Morgan fingerprint density at radius 3 is 2.88 bits per heavy atom. The van der Waals surface area contributed by atoms with Crippen molar-refractivity contribution in [1.29, 1.82) is 0 Å². The van der Waals surface area contributed by atoms with E-state index in [1.54, 1.807) is 12.3 Å². The summed E-state index contributed by atoms with van der Waals surface area (Å²) in [7, 11) is 0. The van der Waals surface area contributed by atoms with Crippen molar-refractivity contribution in [2.24, 2.45) is 0 Å². The first-order valence-electron chi connectivity index (χ1n) is 7.84. The minimum Gasteiger partial charge on any atom is -0.339 e. The molecule has 1 aliphatic carbocycles. The van der Waals surface area contributed by atoms with Gasteiger partial charge in [0.05, 0.1) is 17.1 Å². The Bertz CT molecular complexity index is 952. The zero-order chi connectivity index (χ0) is 17.6. The lowest BCUT2D eigenvalue weighted by Crippen LogP contribution is -2.11. The third kappa shape index (κ3) is 3.17. The summed E-state index contributed by atoms with van der Waals surface area (Å²) in [6, 6.07) is 5.50. The van der Waals surface area contributed by atoms with Gasteiger partial charge < -0.3 is 9.84 Å². The normalized spacial score (nSPS) is 19.0. The first-order valence-corrected chi connectivity index (χ1v) is 8.65. The lowest BCUT2D eigenvalue weighted by Gasteiger charge is -2.08. The maximum atomic E-state index is 13.1. The molecule has 3 aromatic rings. The summed E-state index contributed by atoms with van der Waals surface area (Å²) in [5, 5.41) is 7.64. The highest BCUT2D eigenvalue weighted by atomic mass is 32.1. The molecule has 4 rings (SSSR count). The number of thiazole rings is 1. The number of benzene rings is 1. The van der Waals surface area contributed by atoms with Crippen molar-refractivity contribution < 1.29 is 13.7 Å². The standard InChI is InChI=1S/C17H15FN4O2S/c1-8-3-4-10(15-21-17(24-22-15)11-6-12(11)18)5-13(8)20-16(23)14-7-19-9(2)25-14/h3-5,7,11-12H,6H2,1-2H3,(H,20,23)/t11-,12-/m0/s1. The lowest BCUT2D eigenvalue weighted by molar-refractivity contribution is 0.103. The van der Waals surface area contributed by atoms with Gasteiger partial charge in [0.25, 0.3) is 5.91 Å². The van der Waals surface area contributed by atoms with E-state index in [4.69, 9.17) is 4.52 Å². The highest BCUT2D eigenvalue weighted by Crippen LogP contribution is 2.43. The van der Waals surface area contributed by atoms with Gasteiger partial charge in [-0.05, 0) is 31.9 Å². The predicted octanol–water partition coefficient (Wildman–Crippen LogP) is 3.89. The molecule has 1 aliphatic rings. The molecule has 1 N–H and O–H groups in total. The van der Waals surface area contributed by atoms with E-state index in [9.17, 15) is 9.18 Å². The number of rotatable bonds is 4. The van der Waals surface area contributed by atoms with Crippen molar-refractivity contribution in [3.63, 3.8) is 0 Å². The molecule has 2 atom stereocenters. The second-order valence-corrected chi connectivity index (χ2v) is 7.28. The number of anilines is 1. The smallest absolute Gasteiger partial charge is 0.267 e. The maximum absolute atomic E-state index is 13.1. The van der Waals surface area contributed by atoms with Gasteiger partial charge in [-0.1, -0.05) is 17.3 Å². The number of alkyl halides is 1. The van der Waals surface area contributed by atoms with Gasteiger partial charge in [0, 0.05) is 11.3 Å². The number of carbonyl (C=O) groups is 1. The van der Waals surface area contributed by atoms with Gasteiger partial charge in [0.2, 0.25) is 11.7 Å². The van der Waals surface area contributed by atoms with Crippen LogP contribution in [0.5, 0.6) is 0 Å². The third-order valence-corrected chi connectivity index (χ3v) is 4.97. The average Bonchev–Trinajstić information content (AvgIpc) is 3.01. The zero-order valence-electron chi connectivity index (χ0n) is 13.6. The van der Waals surface area contributed by atoms with E-state index in [0.29, 0.717) is 34.3 Å². The molecule has 1 fully saturated rings. The SMILES string of the molecule is Cc1ncc(C(=O)Nc2cc(-c3noc([C@H]4C[C@@H]4F)n3)ccc2C)s1. The molecular weight excluding hydrogens is 343 g/mol. The molecule has 0 spiro atoms. The molecule has 1 amide bonds. The van der Waals surface area contributed by atoms with Crippen molar-refractivity contribution in [2.45, 2.75) is 32.4 Å². The Morgan fingerprint density at radius 1 is 1.40 bits per heavy atom. The molecule has 8 heteroatoms. The topological polar surface area (TPSA) is 80.9 Å². The van der Waals surface area contributed by atoms with Crippen LogP contribution in [0.2, 0.25) is 0 Å². The van der Waals surface area contributed by atoms with Crippen molar-refractivity contribution >= 4 is 22.9 Å². The molecule has 128 valence electrons. The second-order valence-electron chi connectivity index (χ2n) is 6.04. The number of hydrogen-bond donors (Lipinski definition) is 1. The van der Waals surface area contributed by atoms with Crippen LogP contribution in [0, 0.1) is 13.8 Å². The van der Waals surface area contributed by atoms with Crippen molar-refractivity contribution in [3.05, 3.63) is 45.7 Å². The summed E-state index contributed by atoms with van der Waals surface area (Å²) in [6.45, 7) is 3.75. The van der Waals surface area contributed by atoms with Crippen LogP contribution in [-0.2, 0) is 0 Å². The highest BCUT2D eigenvalue weighted by molar-refractivity contribution is 7.13. The summed E-state index contributed by atoms with van der Waals surface area (Å²) in [5.41, 5.74) is 2.27. The van der Waals surface area contributed by atoms with Gasteiger partial charge in [-0.15, -0.1) is 11.3 Å². The lowest BCUT2D eigenvalue weighted by atomic mass is 10.1. The Kier molecular flexibility index (Phi) is 3.84. The Hall–Kier alpha value is -2.61. The summed E-state index contributed by atoms with van der Waals surface area (Å²) < 4.78 is 18.3. The molecule has 0 aliphatic heterocycles. The van der Waals surface area contributed by atoms with E-state index in [-0.39, 0.29) is 11.8 Å². The van der Waals surface area contributed by atoms with Crippen LogP contribution in [0.15, 0.2) is 28.9 Å². The minimum absolute atomic E-state index is 0.210. The van der Waals surface area contributed by atoms with Gasteiger partial charge in [0.1, 0.15) is 11.0 Å². The van der Waals surface area contributed by atoms with E-state index in [1.165, 1.54) is 11.3 Å². The molecule has 0 radical (unpaired) electrons. The number of nitrogens with zero attached hydrogens (tertiary/aromatic N) is 3. The molecule has 6 nitrogen and oxygen atoms in total. The number of aryl methyl sites for hydroxylation is 2. The first-order chi connectivity index (χ1) is 12.0. The van der Waals surface area contributed by atoms with E-state index in [2.05, 4.69) is 20.4 Å². The largest absolute Gasteiger partial charge is 0.339 e. The molecule has 0 saturated heterocycles. The van der Waals surface area contributed by atoms with Crippen molar-refractivity contribution in [2.75, 3.05) is 5.32 Å². The Labute approximate surface area is 147 Å². The van der Waals surface area contributed by atoms with Gasteiger partial charge >= 0.3 is 0 Å². The quantitative estimate of drug-likeness (QED) is 0.765. The van der Waals surface area contributed by atoms with Crippen molar-refractivity contribution in [1.82, 2.24) is 15.1 Å². The minimum atomic E-state index is -0.885. The number of hydrogen-bond acceptors (Lipinski definition) is 6. The van der Waals surface area contributed by atoms with Crippen LogP contribution in [0.1, 0.15) is 38.5 Å². The molecule has 2 aromatic heterocycles. The van der Waals surface area contributed by atoms with Crippen LogP contribution < -0.4 is 5.32 Å². The number of halogens is 1. The number of carbonyl (C=O) groups excluding carboxylic acids is 1. The summed E-state index contributed by atoms with van der Waals surface area (Å²) in [6.07, 6.45) is 1.11. The molecule has 0 bridgehead atoms. The van der Waals surface area contributed by atoms with Gasteiger partial charge in [-0.2, -0.15) is 4.98 Å². The highest BCUT2D eigenvalue weighted by Gasteiger charge is 2.43. The van der Waals surface area contributed by atoms with Crippen LogP contribution in [0.25, 0.3) is 11.4 Å². The van der Waals surface area contributed by atoms with E-state index in [0.717, 1.165) is 10.6 Å². The van der Waals surface area contributed by atoms with E-state index in [1.807, 2.05) is 26.0 Å². The molecule has 2 heterocycles. The summed E-state index contributed by atoms with van der Waals surface area (Å²) in [4.78, 5) is 21.2. The first kappa shape index (κ1) is 15.9. The number of amides is 1. The molecule has 0 unspecified atom stereocenters. The van der Waals surface area contributed by atoms with Gasteiger partial charge in [-0.3, -0.25) is 4.79 Å². The van der Waals surface area contributed by atoms with E-state index < -0.39 is 6.17 Å². The fourth-order valence-electron chi connectivity index (χ4n) is 2.47. The fraction of sp³-hybridized carbons (Fsp3) is 0.294. The molecule has 25 heavy (non-hydrogen) atoms. The molecule has 1 aromatic carbocycles. The maximum Gasteiger partial charge on any atom is 0.267 e. The monoisotopic (exact) mass is 358 g/mol. The van der Waals surface area contributed by atoms with Crippen LogP contribution in [-0.4, -0.2) is 27.2 Å². The average molecular weight is 358 g/mol. The summed E-state index contributed by atoms with van der Waals surface area (Å²) in [5.74, 6) is 0.227. The van der Waals surface area contributed by atoms with Gasteiger partial charge in [0.15, 0.2) is 0 Å². The fourth-order valence-corrected chi connectivity index (χ4v) is 3.14. The van der Waals surface area contributed by atoms with E-state index >= 15 is 0 Å². The van der Waals surface area contributed by atoms with Crippen LogP contribution in [0.3, 0.4) is 0 Å². The Balaban J connectivity index is 1.58. The summed E-state index contributed by atoms with van der Waals surface area (Å²) >= 11 is 1.34. The predicted molar refractivity (Wildman–Crippen MR) is 91.5 cm³/mol. The van der Waals surface area contributed by atoms with Crippen LogP contribution >= 0.6 is 11.3 Å². The molecular formula is C17H15FN4O2S. The zero-order valence-corrected chi connectivity index (χ0v) is 14.4. The second kappa shape index (κ2) is 6.03. The number of aromatic nitrogens is 3. The Morgan fingerprint density at radius 2 is 2.20 bits per heavy atom. The molecule has 1 saturated carbocycles. The number of nitrogens with one attached hydrogen (secondary N) is 1. The van der Waals surface area contributed by atoms with Crippen molar-refractivity contribution in [3.8, 4) is 11.4 Å². The third-order valence-electron chi connectivity index (χ3n) is 4.06. The van der Waals surface area contributed by atoms with Crippen LogP contribution in [0.4, 0.5) is 10.1 Å².